The minimum Gasteiger partial charge on any atom is -0.496 e. The van der Waals surface area contributed by atoms with Crippen molar-refractivity contribution in [2.75, 3.05) is 21.3 Å². The van der Waals surface area contributed by atoms with Crippen LogP contribution in [0.2, 0.25) is 0 Å². The SMILES string of the molecule is COc1ccccc1CN(Cc1nc(-c2ccc(OC)c(OC)c2)no1)Cc1cccs1. The number of hydrogen-bond acceptors (Lipinski definition) is 8. The van der Waals surface area contributed by atoms with Crippen molar-refractivity contribution < 1.29 is 18.7 Å². The molecule has 0 saturated carbocycles. The Labute approximate surface area is 191 Å². The van der Waals surface area contributed by atoms with E-state index in [2.05, 4.69) is 38.6 Å². The molecule has 0 aliphatic carbocycles. The van der Waals surface area contributed by atoms with Gasteiger partial charge in [-0.3, -0.25) is 4.90 Å². The fourth-order valence-corrected chi connectivity index (χ4v) is 4.21. The fraction of sp³-hybridized carbons (Fsp3) is 0.250. The van der Waals surface area contributed by atoms with Crippen molar-refractivity contribution in [2.24, 2.45) is 0 Å². The van der Waals surface area contributed by atoms with Gasteiger partial charge in [-0.15, -0.1) is 11.3 Å². The van der Waals surface area contributed by atoms with Crippen LogP contribution in [-0.4, -0.2) is 36.4 Å². The Morgan fingerprint density at radius 3 is 2.41 bits per heavy atom. The molecular weight excluding hydrogens is 426 g/mol. The van der Waals surface area contributed by atoms with Gasteiger partial charge in [-0.1, -0.05) is 29.4 Å². The highest BCUT2D eigenvalue weighted by atomic mass is 32.1. The van der Waals surface area contributed by atoms with Gasteiger partial charge in [-0.25, -0.2) is 0 Å². The maximum absolute atomic E-state index is 5.59. The van der Waals surface area contributed by atoms with Crippen molar-refractivity contribution in [3.63, 3.8) is 0 Å². The van der Waals surface area contributed by atoms with Gasteiger partial charge in [0.15, 0.2) is 11.5 Å². The first-order chi connectivity index (χ1) is 15.7. The van der Waals surface area contributed by atoms with Crippen LogP contribution in [0.3, 0.4) is 0 Å². The van der Waals surface area contributed by atoms with Gasteiger partial charge in [0.2, 0.25) is 11.7 Å². The number of nitrogens with zero attached hydrogens (tertiary/aromatic N) is 3. The van der Waals surface area contributed by atoms with E-state index in [0.29, 0.717) is 36.3 Å². The van der Waals surface area contributed by atoms with Gasteiger partial charge < -0.3 is 18.7 Å². The first kappa shape index (κ1) is 21.9. The standard InChI is InChI=1S/C24H25N3O4S/c1-28-20-9-5-4-7-18(20)14-27(15-19-8-6-12-32-19)16-23-25-24(26-31-23)17-10-11-21(29-2)22(13-17)30-3/h4-13H,14-16H2,1-3H3. The van der Waals surface area contributed by atoms with Crippen molar-refractivity contribution >= 4 is 11.3 Å². The summed E-state index contributed by atoms with van der Waals surface area (Å²) in [6.45, 7) is 1.97. The summed E-state index contributed by atoms with van der Waals surface area (Å²) in [5, 5.41) is 6.26. The Bertz CT molecular complexity index is 1140. The van der Waals surface area contributed by atoms with Gasteiger partial charge in [-0.05, 0) is 35.7 Å². The van der Waals surface area contributed by atoms with E-state index in [1.165, 1.54) is 4.88 Å². The van der Waals surface area contributed by atoms with E-state index < -0.39 is 0 Å². The molecule has 0 fully saturated rings. The predicted molar refractivity (Wildman–Crippen MR) is 123 cm³/mol. The molecule has 4 rings (SSSR count). The van der Waals surface area contributed by atoms with Crippen molar-refractivity contribution in [1.82, 2.24) is 15.0 Å². The molecular formula is C24H25N3O4S. The lowest BCUT2D eigenvalue weighted by molar-refractivity contribution is 0.210. The Kier molecular flexibility index (Phi) is 7.03. The normalized spacial score (nSPS) is 11.0. The Hall–Kier alpha value is -3.36. The van der Waals surface area contributed by atoms with Crippen LogP contribution >= 0.6 is 11.3 Å². The topological polar surface area (TPSA) is 69.9 Å². The molecule has 0 atom stereocenters. The summed E-state index contributed by atoms with van der Waals surface area (Å²) in [5.74, 6) is 3.18. The van der Waals surface area contributed by atoms with E-state index in [1.807, 2.05) is 36.4 Å². The third-order valence-electron chi connectivity index (χ3n) is 5.01. The van der Waals surface area contributed by atoms with Crippen LogP contribution in [-0.2, 0) is 19.6 Å². The Morgan fingerprint density at radius 1 is 0.844 bits per heavy atom. The minimum absolute atomic E-state index is 0.509. The number of hydrogen-bond donors (Lipinski definition) is 0. The Morgan fingerprint density at radius 2 is 1.66 bits per heavy atom. The molecule has 0 radical (unpaired) electrons. The Balaban J connectivity index is 1.55. The van der Waals surface area contributed by atoms with Crippen LogP contribution in [0.1, 0.15) is 16.3 Å². The van der Waals surface area contributed by atoms with E-state index in [9.17, 15) is 0 Å². The van der Waals surface area contributed by atoms with Crippen LogP contribution in [0, 0.1) is 0 Å². The summed E-state index contributed by atoms with van der Waals surface area (Å²) in [6, 6.07) is 17.8. The van der Waals surface area contributed by atoms with Gasteiger partial charge >= 0.3 is 0 Å². The summed E-state index contributed by atoms with van der Waals surface area (Å²) in [7, 11) is 4.90. The molecule has 0 spiro atoms. The lowest BCUT2D eigenvalue weighted by atomic mass is 10.2. The zero-order valence-electron chi connectivity index (χ0n) is 18.3. The lowest BCUT2D eigenvalue weighted by Crippen LogP contribution is -2.22. The summed E-state index contributed by atoms with van der Waals surface area (Å²) in [6.07, 6.45) is 0. The lowest BCUT2D eigenvalue weighted by Gasteiger charge is -2.21. The number of aromatic nitrogens is 2. The molecule has 4 aromatic rings. The van der Waals surface area contributed by atoms with Crippen molar-refractivity contribution in [1.29, 1.82) is 0 Å². The molecule has 0 N–H and O–H groups in total. The van der Waals surface area contributed by atoms with Gasteiger partial charge in [0.25, 0.3) is 0 Å². The molecule has 8 heteroatoms. The molecule has 166 valence electrons. The van der Waals surface area contributed by atoms with Crippen LogP contribution in [0.4, 0.5) is 0 Å². The molecule has 2 aromatic heterocycles. The first-order valence-electron chi connectivity index (χ1n) is 10.1. The fourth-order valence-electron chi connectivity index (χ4n) is 3.47. The summed E-state index contributed by atoms with van der Waals surface area (Å²) < 4.78 is 21.8. The monoisotopic (exact) mass is 451 g/mol. The van der Waals surface area contributed by atoms with Gasteiger partial charge in [0.05, 0.1) is 27.9 Å². The minimum atomic E-state index is 0.509. The molecule has 0 amide bonds. The highest BCUT2D eigenvalue weighted by Crippen LogP contribution is 2.31. The molecule has 0 aliphatic rings. The van der Waals surface area contributed by atoms with E-state index in [0.717, 1.165) is 23.4 Å². The summed E-state index contributed by atoms with van der Waals surface area (Å²) >= 11 is 1.73. The number of ether oxygens (including phenoxy) is 3. The van der Waals surface area contributed by atoms with Gasteiger partial charge in [0.1, 0.15) is 5.75 Å². The highest BCUT2D eigenvalue weighted by molar-refractivity contribution is 7.09. The maximum atomic E-state index is 5.59. The van der Waals surface area contributed by atoms with E-state index in [4.69, 9.17) is 18.7 Å². The molecule has 0 aliphatic heterocycles. The number of benzene rings is 2. The van der Waals surface area contributed by atoms with Crippen LogP contribution in [0.25, 0.3) is 11.4 Å². The number of methoxy groups -OCH3 is 3. The third-order valence-corrected chi connectivity index (χ3v) is 5.88. The number of para-hydroxylation sites is 1. The van der Waals surface area contributed by atoms with Crippen LogP contribution in [0.5, 0.6) is 17.2 Å². The van der Waals surface area contributed by atoms with Crippen LogP contribution in [0.15, 0.2) is 64.5 Å². The average Bonchev–Trinajstić information content (AvgIpc) is 3.51. The number of rotatable bonds is 10. The van der Waals surface area contributed by atoms with Crippen molar-refractivity contribution in [3.8, 4) is 28.6 Å². The quantitative estimate of drug-likeness (QED) is 0.335. The van der Waals surface area contributed by atoms with Crippen molar-refractivity contribution in [3.05, 3.63) is 76.3 Å². The molecule has 0 unspecified atom stereocenters. The summed E-state index contributed by atoms with van der Waals surface area (Å²) in [4.78, 5) is 8.14. The maximum Gasteiger partial charge on any atom is 0.241 e. The highest BCUT2D eigenvalue weighted by Gasteiger charge is 2.17. The third kappa shape index (κ3) is 5.09. The second-order valence-corrected chi connectivity index (χ2v) is 8.15. The second-order valence-electron chi connectivity index (χ2n) is 7.12. The van der Waals surface area contributed by atoms with E-state index >= 15 is 0 Å². The van der Waals surface area contributed by atoms with Crippen LogP contribution < -0.4 is 14.2 Å². The first-order valence-corrected chi connectivity index (χ1v) is 11.0. The number of thiophene rings is 1. The van der Waals surface area contributed by atoms with Crippen molar-refractivity contribution in [2.45, 2.75) is 19.6 Å². The zero-order valence-corrected chi connectivity index (χ0v) is 19.1. The largest absolute Gasteiger partial charge is 0.496 e. The molecule has 2 aromatic carbocycles. The van der Waals surface area contributed by atoms with Gasteiger partial charge in [0, 0.05) is 29.1 Å². The van der Waals surface area contributed by atoms with Gasteiger partial charge in [-0.2, -0.15) is 4.98 Å². The molecule has 7 nitrogen and oxygen atoms in total. The molecule has 0 bridgehead atoms. The molecule has 2 heterocycles. The van der Waals surface area contributed by atoms with E-state index in [-0.39, 0.29) is 0 Å². The average molecular weight is 452 g/mol. The zero-order chi connectivity index (χ0) is 22.3. The molecule has 32 heavy (non-hydrogen) atoms. The van der Waals surface area contributed by atoms with E-state index in [1.54, 1.807) is 32.7 Å². The molecule has 0 saturated heterocycles. The second kappa shape index (κ2) is 10.3. The summed E-state index contributed by atoms with van der Waals surface area (Å²) in [5.41, 5.74) is 1.90. The smallest absolute Gasteiger partial charge is 0.241 e. The predicted octanol–water partition coefficient (Wildman–Crippen LogP) is 5.03.